The van der Waals surface area contributed by atoms with Gasteiger partial charge in [-0.3, -0.25) is 0 Å². The topological polar surface area (TPSA) is 53.6 Å². The van der Waals surface area contributed by atoms with Crippen molar-refractivity contribution in [3.63, 3.8) is 0 Å². The Labute approximate surface area is 124 Å². The molecule has 5 nitrogen and oxygen atoms in total. The van der Waals surface area contributed by atoms with Gasteiger partial charge in [-0.05, 0) is 39.0 Å². The van der Waals surface area contributed by atoms with Crippen LogP contribution in [0.15, 0.2) is 18.2 Å². The van der Waals surface area contributed by atoms with E-state index in [1.165, 1.54) is 6.07 Å². The number of amides is 2. The Morgan fingerprint density at radius 2 is 2.05 bits per heavy atom. The van der Waals surface area contributed by atoms with E-state index < -0.39 is 0 Å². The maximum absolute atomic E-state index is 14.3. The largest absolute Gasteiger partial charge is 0.372 e. The van der Waals surface area contributed by atoms with Gasteiger partial charge in [0.05, 0.1) is 17.9 Å². The molecule has 0 aromatic heterocycles. The van der Waals surface area contributed by atoms with E-state index >= 15 is 0 Å². The second-order valence-electron chi connectivity index (χ2n) is 5.31. The van der Waals surface area contributed by atoms with Gasteiger partial charge in [-0.1, -0.05) is 0 Å². The Kier molecular flexibility index (Phi) is 5.01. The summed E-state index contributed by atoms with van der Waals surface area (Å²) in [7, 11) is 0. The molecule has 0 aliphatic carbocycles. The van der Waals surface area contributed by atoms with Crippen LogP contribution in [-0.2, 0) is 4.74 Å². The minimum atomic E-state index is -0.342. The van der Waals surface area contributed by atoms with Crippen LogP contribution in [0.4, 0.5) is 20.6 Å². The number of hydrogen-bond acceptors (Lipinski definition) is 3. The quantitative estimate of drug-likeness (QED) is 0.901. The molecule has 116 valence electrons. The number of hydrogen-bond donors (Lipinski definition) is 2. The summed E-state index contributed by atoms with van der Waals surface area (Å²) in [6, 6.07) is 4.41. The molecule has 1 heterocycles. The van der Waals surface area contributed by atoms with Gasteiger partial charge in [0.15, 0.2) is 0 Å². The van der Waals surface area contributed by atoms with Gasteiger partial charge in [-0.15, -0.1) is 0 Å². The lowest BCUT2D eigenvalue weighted by molar-refractivity contribution is -0.00539. The molecule has 1 aromatic carbocycles. The van der Waals surface area contributed by atoms with Crippen LogP contribution in [0, 0.1) is 5.82 Å². The van der Waals surface area contributed by atoms with Gasteiger partial charge >= 0.3 is 6.03 Å². The molecule has 0 bridgehead atoms. The molecule has 1 saturated heterocycles. The van der Waals surface area contributed by atoms with Crippen molar-refractivity contribution >= 4 is 17.4 Å². The zero-order chi connectivity index (χ0) is 15.4. The lowest BCUT2D eigenvalue weighted by Crippen LogP contribution is -2.45. The molecule has 2 atom stereocenters. The van der Waals surface area contributed by atoms with E-state index in [1.54, 1.807) is 12.1 Å². The SMILES string of the molecule is CCNC(=O)Nc1ccc(N2C[C@H](C)O[C@@H](C)C2)c(F)c1. The highest BCUT2D eigenvalue weighted by molar-refractivity contribution is 5.89. The summed E-state index contributed by atoms with van der Waals surface area (Å²) in [6.07, 6.45) is 0.141. The minimum Gasteiger partial charge on any atom is -0.372 e. The van der Waals surface area contributed by atoms with E-state index in [9.17, 15) is 9.18 Å². The van der Waals surface area contributed by atoms with Gasteiger partial charge in [0.25, 0.3) is 0 Å². The molecule has 6 heteroatoms. The van der Waals surface area contributed by atoms with Gasteiger partial charge in [0.1, 0.15) is 5.82 Å². The van der Waals surface area contributed by atoms with Crippen molar-refractivity contribution in [3.8, 4) is 0 Å². The van der Waals surface area contributed by atoms with Crippen molar-refractivity contribution < 1.29 is 13.9 Å². The van der Waals surface area contributed by atoms with Crippen LogP contribution in [0.2, 0.25) is 0 Å². The van der Waals surface area contributed by atoms with Gasteiger partial charge in [-0.25, -0.2) is 9.18 Å². The fourth-order valence-electron chi connectivity index (χ4n) is 2.55. The van der Waals surface area contributed by atoms with Crippen molar-refractivity contribution in [1.82, 2.24) is 5.32 Å². The minimum absolute atomic E-state index is 0.0706. The van der Waals surface area contributed by atoms with Crippen LogP contribution in [0.5, 0.6) is 0 Å². The van der Waals surface area contributed by atoms with Crippen molar-refractivity contribution in [3.05, 3.63) is 24.0 Å². The molecule has 1 aromatic rings. The lowest BCUT2D eigenvalue weighted by atomic mass is 10.2. The van der Waals surface area contributed by atoms with Crippen molar-refractivity contribution in [1.29, 1.82) is 0 Å². The Morgan fingerprint density at radius 3 is 2.62 bits per heavy atom. The van der Waals surface area contributed by atoms with E-state index in [0.29, 0.717) is 31.0 Å². The van der Waals surface area contributed by atoms with E-state index in [1.807, 2.05) is 25.7 Å². The molecule has 2 rings (SSSR count). The van der Waals surface area contributed by atoms with Crippen molar-refractivity contribution in [2.75, 3.05) is 29.9 Å². The molecule has 2 amide bonds. The predicted molar refractivity (Wildman–Crippen MR) is 81.3 cm³/mol. The molecule has 0 unspecified atom stereocenters. The first kappa shape index (κ1) is 15.6. The Morgan fingerprint density at radius 1 is 1.38 bits per heavy atom. The summed E-state index contributed by atoms with van der Waals surface area (Å²) in [5, 5.41) is 5.20. The Hall–Kier alpha value is -1.82. The highest BCUT2D eigenvalue weighted by Crippen LogP contribution is 2.26. The summed E-state index contributed by atoms with van der Waals surface area (Å²) in [5.41, 5.74) is 0.981. The number of morpholine rings is 1. The third kappa shape index (κ3) is 4.07. The number of urea groups is 1. The summed E-state index contributed by atoms with van der Waals surface area (Å²) in [6.45, 7) is 7.62. The normalized spacial score (nSPS) is 22.0. The van der Waals surface area contributed by atoms with E-state index in [-0.39, 0.29) is 24.1 Å². The molecule has 0 saturated carbocycles. The molecule has 0 radical (unpaired) electrons. The summed E-state index contributed by atoms with van der Waals surface area (Å²) in [4.78, 5) is 13.4. The number of ether oxygens (including phenoxy) is 1. The number of nitrogens with zero attached hydrogens (tertiary/aromatic N) is 1. The average molecular weight is 295 g/mol. The molecular formula is C15H22FN3O2. The van der Waals surface area contributed by atoms with Gasteiger partial charge < -0.3 is 20.3 Å². The van der Waals surface area contributed by atoms with Crippen LogP contribution in [0.1, 0.15) is 20.8 Å². The Balaban J connectivity index is 2.10. The van der Waals surface area contributed by atoms with E-state index in [2.05, 4.69) is 10.6 Å². The third-order valence-corrected chi connectivity index (χ3v) is 3.30. The predicted octanol–water partition coefficient (Wildman–Crippen LogP) is 2.58. The number of halogens is 1. The fourth-order valence-corrected chi connectivity index (χ4v) is 2.55. The van der Waals surface area contributed by atoms with Crippen LogP contribution < -0.4 is 15.5 Å². The van der Waals surface area contributed by atoms with Crippen LogP contribution in [-0.4, -0.2) is 37.9 Å². The second kappa shape index (κ2) is 6.76. The highest BCUT2D eigenvalue weighted by Gasteiger charge is 2.24. The number of benzene rings is 1. The maximum atomic E-state index is 14.3. The maximum Gasteiger partial charge on any atom is 0.319 e. The number of anilines is 2. The second-order valence-corrected chi connectivity index (χ2v) is 5.31. The van der Waals surface area contributed by atoms with Crippen LogP contribution in [0.3, 0.4) is 0 Å². The molecule has 0 spiro atoms. The summed E-state index contributed by atoms with van der Waals surface area (Å²) in [5.74, 6) is -0.342. The molecular weight excluding hydrogens is 273 g/mol. The average Bonchev–Trinajstić information content (AvgIpc) is 2.37. The molecule has 2 N–H and O–H groups in total. The molecule has 1 aliphatic rings. The molecule has 1 aliphatic heterocycles. The molecule has 1 fully saturated rings. The van der Waals surface area contributed by atoms with Crippen LogP contribution in [0.25, 0.3) is 0 Å². The first-order chi connectivity index (χ1) is 9.99. The first-order valence-electron chi connectivity index (χ1n) is 7.24. The number of rotatable bonds is 3. The first-order valence-corrected chi connectivity index (χ1v) is 7.24. The number of nitrogens with one attached hydrogen (secondary N) is 2. The van der Waals surface area contributed by atoms with Crippen LogP contribution >= 0.6 is 0 Å². The van der Waals surface area contributed by atoms with Gasteiger partial charge in [0, 0.05) is 25.3 Å². The Bertz CT molecular complexity index is 500. The summed E-state index contributed by atoms with van der Waals surface area (Å²) < 4.78 is 19.9. The number of carbonyl (C=O) groups is 1. The zero-order valence-corrected chi connectivity index (χ0v) is 12.6. The summed E-state index contributed by atoms with van der Waals surface area (Å²) >= 11 is 0. The van der Waals surface area contributed by atoms with E-state index in [0.717, 1.165) is 0 Å². The van der Waals surface area contributed by atoms with Crippen molar-refractivity contribution in [2.45, 2.75) is 33.0 Å². The van der Waals surface area contributed by atoms with E-state index in [4.69, 9.17) is 4.74 Å². The molecule has 21 heavy (non-hydrogen) atoms. The highest BCUT2D eigenvalue weighted by atomic mass is 19.1. The lowest BCUT2D eigenvalue weighted by Gasteiger charge is -2.37. The smallest absolute Gasteiger partial charge is 0.319 e. The van der Waals surface area contributed by atoms with Gasteiger partial charge in [0.2, 0.25) is 0 Å². The third-order valence-electron chi connectivity index (χ3n) is 3.30. The zero-order valence-electron chi connectivity index (χ0n) is 12.6. The standard InChI is InChI=1S/C15H22FN3O2/c1-4-17-15(20)18-12-5-6-14(13(16)7-12)19-8-10(2)21-11(3)9-19/h5-7,10-11H,4,8-9H2,1-3H3,(H2,17,18,20)/t10-,11-/m0/s1. The number of carbonyl (C=O) groups excluding carboxylic acids is 1. The fraction of sp³-hybridized carbons (Fsp3) is 0.533. The van der Waals surface area contributed by atoms with Gasteiger partial charge in [-0.2, -0.15) is 0 Å². The monoisotopic (exact) mass is 295 g/mol. The van der Waals surface area contributed by atoms with Crippen molar-refractivity contribution in [2.24, 2.45) is 0 Å².